The summed E-state index contributed by atoms with van der Waals surface area (Å²) in [6, 6.07) is 0. The fourth-order valence-electron chi connectivity index (χ4n) is 1.67. The maximum atomic E-state index is 11.4. The van der Waals surface area contributed by atoms with E-state index in [0.29, 0.717) is 26.2 Å². The predicted molar refractivity (Wildman–Crippen MR) is 70.3 cm³/mol. The number of hydrogen-bond acceptors (Lipinski definition) is 5. The summed E-state index contributed by atoms with van der Waals surface area (Å²) in [5.74, 6) is 0. The average Bonchev–Trinajstić information content (AvgIpc) is 2.36. The van der Waals surface area contributed by atoms with Gasteiger partial charge in [-0.1, -0.05) is 6.92 Å². The van der Waals surface area contributed by atoms with Crippen molar-refractivity contribution >= 4 is 14.9 Å². The molecule has 0 aliphatic rings. The summed E-state index contributed by atoms with van der Waals surface area (Å²) in [5.41, 5.74) is -0.301. The summed E-state index contributed by atoms with van der Waals surface area (Å²) in [4.78, 5) is 11.4. The van der Waals surface area contributed by atoms with Crippen molar-refractivity contribution in [3.63, 3.8) is 0 Å². The lowest BCUT2D eigenvalue weighted by atomic mass is 10.5. The summed E-state index contributed by atoms with van der Waals surface area (Å²) in [6.07, 6.45) is 0.152. The molecule has 0 aromatic rings. The van der Waals surface area contributed by atoms with Gasteiger partial charge in [0.1, 0.15) is 5.67 Å². The number of carbonyl (C=O) groups is 1. The summed E-state index contributed by atoms with van der Waals surface area (Å²) in [6.45, 7) is 9.02. The third-order valence-corrected chi connectivity index (χ3v) is 5.83. The monoisotopic (exact) mass is 279 g/mol. The summed E-state index contributed by atoms with van der Waals surface area (Å²) in [5, 5.41) is 2.74. The van der Waals surface area contributed by atoms with Gasteiger partial charge in [0.15, 0.2) is 0 Å². The summed E-state index contributed by atoms with van der Waals surface area (Å²) in [7, 11) is -1.59. The lowest BCUT2D eigenvalue weighted by Gasteiger charge is -2.34. The predicted octanol–water partition coefficient (Wildman–Crippen LogP) is 1.71. The van der Waals surface area contributed by atoms with Gasteiger partial charge in [-0.15, -0.1) is 0 Å². The maximum Gasteiger partial charge on any atom is 0.524 e. The van der Waals surface area contributed by atoms with Crippen LogP contribution in [0.5, 0.6) is 0 Å². The molecule has 0 radical (unpaired) electrons. The first-order valence-corrected chi connectivity index (χ1v) is 8.16. The van der Waals surface area contributed by atoms with Crippen molar-refractivity contribution in [2.45, 2.75) is 39.8 Å². The van der Waals surface area contributed by atoms with E-state index < -0.39 is 14.9 Å². The van der Waals surface area contributed by atoms with Crippen LogP contribution in [0.4, 0.5) is 4.79 Å². The first-order valence-electron chi connectivity index (χ1n) is 6.36. The Kier molecular flexibility index (Phi) is 8.99. The van der Waals surface area contributed by atoms with E-state index in [1.807, 2.05) is 27.7 Å². The Morgan fingerprint density at radius 2 is 1.50 bits per heavy atom. The minimum Gasteiger partial charge on any atom is -0.453 e. The molecule has 0 heterocycles. The molecule has 0 fully saturated rings. The van der Waals surface area contributed by atoms with Crippen LogP contribution in [-0.2, 0) is 18.0 Å². The molecule has 0 saturated carbocycles. The molecule has 18 heavy (non-hydrogen) atoms. The van der Waals surface area contributed by atoms with E-state index in [4.69, 9.17) is 13.3 Å². The first-order chi connectivity index (χ1) is 8.60. The van der Waals surface area contributed by atoms with E-state index in [0.717, 1.165) is 0 Å². The topological polar surface area (TPSA) is 66.0 Å². The number of nitrogens with one attached hydrogen (secondary N) is 1. The molecule has 0 rings (SSSR count). The van der Waals surface area contributed by atoms with Crippen LogP contribution in [0.15, 0.2) is 0 Å². The highest BCUT2D eigenvalue weighted by Crippen LogP contribution is 2.18. The average molecular weight is 279 g/mol. The van der Waals surface area contributed by atoms with E-state index in [9.17, 15) is 4.79 Å². The van der Waals surface area contributed by atoms with Crippen molar-refractivity contribution in [2.75, 3.05) is 26.9 Å². The molecule has 0 aliphatic carbocycles. The van der Waals surface area contributed by atoms with E-state index in [1.165, 1.54) is 7.11 Å². The number of alkyl carbamates (subject to hydrolysis) is 1. The van der Waals surface area contributed by atoms with E-state index in [-0.39, 0.29) is 5.67 Å². The Balaban J connectivity index is 4.99. The molecule has 0 bridgehead atoms. The molecule has 1 atom stereocenters. The van der Waals surface area contributed by atoms with Gasteiger partial charge >= 0.3 is 14.9 Å². The molecule has 1 amide bonds. The molecule has 6 nitrogen and oxygen atoms in total. The number of amides is 1. The molecule has 0 aromatic heterocycles. The lowest BCUT2D eigenvalue weighted by Crippen LogP contribution is -2.62. The molecule has 0 aliphatic heterocycles. The quantitative estimate of drug-likeness (QED) is 0.651. The Bertz CT molecular complexity index is 222. The fraction of sp³-hybridized carbons (Fsp3) is 0.909. The minimum absolute atomic E-state index is 0.301. The highest BCUT2D eigenvalue weighted by molar-refractivity contribution is 6.62. The van der Waals surface area contributed by atoms with E-state index >= 15 is 0 Å². The van der Waals surface area contributed by atoms with Gasteiger partial charge in [0.2, 0.25) is 0 Å². The van der Waals surface area contributed by atoms with Gasteiger partial charge in [-0.05, 0) is 27.2 Å². The molecular weight excluding hydrogens is 254 g/mol. The van der Waals surface area contributed by atoms with Crippen LogP contribution in [0.1, 0.15) is 34.1 Å². The Morgan fingerprint density at radius 1 is 1.06 bits per heavy atom. The smallest absolute Gasteiger partial charge is 0.453 e. The second-order valence-corrected chi connectivity index (χ2v) is 6.27. The maximum absolute atomic E-state index is 11.4. The third kappa shape index (κ3) is 4.93. The number of carbonyl (C=O) groups excluding carboxylic acids is 1. The first kappa shape index (κ1) is 17.4. The van der Waals surface area contributed by atoms with Crippen LogP contribution in [0, 0.1) is 0 Å². The second-order valence-electron chi connectivity index (χ2n) is 3.50. The molecule has 0 aromatic carbocycles. The summed E-state index contributed by atoms with van der Waals surface area (Å²) < 4.78 is 21.8. The second kappa shape index (κ2) is 9.32. The Hall–Kier alpha value is -0.633. The van der Waals surface area contributed by atoms with Gasteiger partial charge in [-0.2, -0.15) is 0 Å². The molecule has 108 valence electrons. The van der Waals surface area contributed by atoms with Gasteiger partial charge < -0.3 is 23.3 Å². The Labute approximate surface area is 110 Å². The van der Waals surface area contributed by atoms with Crippen LogP contribution in [0.25, 0.3) is 0 Å². The van der Waals surface area contributed by atoms with E-state index in [2.05, 4.69) is 10.1 Å². The standard InChI is InChI=1S/C11H25NO5Si/c1-6-10(12-11(13)14-5)18(15-7-2,16-8-3)17-9-4/h10H,6-9H2,1-5H3,(H,12,13). The van der Waals surface area contributed by atoms with Crippen LogP contribution in [0.2, 0.25) is 0 Å². The van der Waals surface area contributed by atoms with Gasteiger partial charge in [0, 0.05) is 19.8 Å². The van der Waals surface area contributed by atoms with Gasteiger partial charge in [-0.3, -0.25) is 0 Å². The molecule has 0 spiro atoms. The highest BCUT2D eigenvalue weighted by Gasteiger charge is 2.49. The number of rotatable bonds is 9. The molecule has 1 N–H and O–H groups in total. The van der Waals surface area contributed by atoms with Gasteiger partial charge in [-0.25, -0.2) is 4.79 Å². The highest BCUT2D eigenvalue weighted by atomic mass is 28.4. The van der Waals surface area contributed by atoms with Crippen molar-refractivity contribution in [2.24, 2.45) is 0 Å². The van der Waals surface area contributed by atoms with Crippen molar-refractivity contribution in [1.29, 1.82) is 0 Å². The van der Waals surface area contributed by atoms with Crippen molar-refractivity contribution in [3.8, 4) is 0 Å². The van der Waals surface area contributed by atoms with Gasteiger partial charge in [0.25, 0.3) is 0 Å². The molecule has 7 heteroatoms. The molecular formula is C11H25NO5Si. The van der Waals surface area contributed by atoms with Crippen LogP contribution >= 0.6 is 0 Å². The van der Waals surface area contributed by atoms with Crippen molar-refractivity contribution < 1.29 is 22.8 Å². The zero-order valence-electron chi connectivity index (χ0n) is 11.9. The lowest BCUT2D eigenvalue weighted by molar-refractivity contribution is 0.0563. The zero-order chi connectivity index (χ0) is 14.0. The van der Waals surface area contributed by atoms with Crippen LogP contribution in [0.3, 0.4) is 0 Å². The number of methoxy groups -OCH3 is 1. The number of hydrogen-bond donors (Lipinski definition) is 1. The van der Waals surface area contributed by atoms with Crippen LogP contribution in [-0.4, -0.2) is 47.5 Å². The van der Waals surface area contributed by atoms with E-state index in [1.54, 1.807) is 0 Å². The van der Waals surface area contributed by atoms with Gasteiger partial charge in [0.05, 0.1) is 7.11 Å². The minimum atomic E-state index is -2.92. The number of ether oxygens (including phenoxy) is 1. The largest absolute Gasteiger partial charge is 0.524 e. The molecule has 1 unspecified atom stereocenters. The van der Waals surface area contributed by atoms with Crippen molar-refractivity contribution in [1.82, 2.24) is 5.32 Å². The van der Waals surface area contributed by atoms with Crippen LogP contribution < -0.4 is 5.32 Å². The summed E-state index contributed by atoms with van der Waals surface area (Å²) >= 11 is 0. The fourth-order valence-corrected chi connectivity index (χ4v) is 4.53. The van der Waals surface area contributed by atoms with Crippen molar-refractivity contribution in [3.05, 3.63) is 0 Å². The Morgan fingerprint density at radius 3 is 1.78 bits per heavy atom. The SMILES string of the molecule is CCO[Si](OCC)(OCC)C(CC)NC(=O)OC. The third-order valence-electron chi connectivity index (χ3n) is 2.35. The zero-order valence-corrected chi connectivity index (χ0v) is 12.9. The molecule has 0 saturated heterocycles. The normalized spacial score (nSPS) is 13.2.